The first-order valence-corrected chi connectivity index (χ1v) is 29.5. The molecule has 0 saturated carbocycles. The summed E-state index contributed by atoms with van der Waals surface area (Å²) in [4.78, 5) is 0. The zero-order chi connectivity index (χ0) is 53.8. The molecule has 0 N–H and O–H groups in total. The van der Waals surface area contributed by atoms with Gasteiger partial charge >= 0.3 is 198 Å². The summed E-state index contributed by atoms with van der Waals surface area (Å²) in [6.07, 6.45) is 17.6. The molecule has 10 aromatic carbocycles. The zero-order valence-electron chi connectivity index (χ0n) is 46.8. The van der Waals surface area contributed by atoms with Gasteiger partial charge in [0.05, 0.1) is 0 Å². The number of hydrogen-bond acceptors (Lipinski definition) is 0. The molecule has 0 amide bonds. The molecule has 0 atom stereocenters. The first kappa shape index (κ1) is 63.4. The van der Waals surface area contributed by atoms with Crippen LogP contribution in [-0.2, 0) is 48.5 Å². The summed E-state index contributed by atoms with van der Waals surface area (Å²) < 4.78 is 2.83. The molecule has 0 unspecified atom stereocenters. The average molecular weight is 1210 g/mol. The van der Waals surface area contributed by atoms with Gasteiger partial charge in [-0.15, -0.1) is 92.3 Å². The molecular weight excluding hydrogens is 1140 g/mol. The SMILES string of the molecule is CCC1=C(CC)C[C-]=C1.CCC1=C(CC)C[C-]=C1.Cc1ccc2c(c1)[cH-]c1cc(C)ccc12.Cc1ccc2c(c1)[cH-]c1cc(C)ccc12.[Cl-].[Cl-].[Zr+2]=[C](c1ccccc1)c1ccccc1.[Zr+2]=[C](c1ccccc1)c1ccccc1. The molecule has 0 fully saturated rings. The number of aryl methyl sites for hydroxylation is 4. The van der Waals surface area contributed by atoms with Crippen molar-refractivity contribution < 1.29 is 73.3 Å². The molecule has 0 aromatic heterocycles. The first-order valence-electron chi connectivity index (χ1n) is 27.1. The molecule has 12 rings (SSSR count). The van der Waals surface area contributed by atoms with Crippen molar-refractivity contribution in [2.24, 2.45) is 0 Å². The number of allylic oxidation sites excluding steroid dienone is 8. The predicted octanol–water partition coefficient (Wildman–Crippen LogP) is 14.0. The van der Waals surface area contributed by atoms with Crippen molar-refractivity contribution in [2.45, 2.75) is 93.9 Å². The monoisotopic (exact) mass is 1210 g/mol. The fraction of sp³-hybridized carbons (Fsp3) is 0.189. The number of halogens is 2. The van der Waals surface area contributed by atoms with Crippen molar-refractivity contribution in [3.63, 3.8) is 0 Å². The fourth-order valence-corrected chi connectivity index (χ4v) is 11.3. The Morgan fingerprint density at radius 2 is 0.603 bits per heavy atom. The zero-order valence-corrected chi connectivity index (χ0v) is 53.2. The molecular formula is C74H72Cl2Zr2-2. The number of benzene rings is 8. The van der Waals surface area contributed by atoms with Gasteiger partial charge in [-0.3, -0.25) is 12.2 Å². The third kappa shape index (κ3) is 17.8. The Morgan fingerprint density at radius 1 is 0.359 bits per heavy atom. The second kappa shape index (κ2) is 32.6. The number of hydrogen-bond donors (Lipinski definition) is 0. The summed E-state index contributed by atoms with van der Waals surface area (Å²) >= 11 is 2.92. The van der Waals surface area contributed by atoms with E-state index in [-0.39, 0.29) is 24.8 Å². The summed E-state index contributed by atoms with van der Waals surface area (Å²) in [7, 11) is 0. The van der Waals surface area contributed by atoms with E-state index >= 15 is 0 Å². The Balaban J connectivity index is 0.000000173. The first-order chi connectivity index (χ1) is 37.0. The molecule has 10 aromatic rings. The van der Waals surface area contributed by atoms with Gasteiger partial charge in [-0.05, 0) is 27.7 Å². The van der Waals surface area contributed by atoms with E-state index in [4.69, 9.17) is 0 Å². The molecule has 0 bridgehead atoms. The van der Waals surface area contributed by atoms with E-state index in [0.717, 1.165) is 12.8 Å². The molecule has 0 radical (unpaired) electrons. The van der Waals surface area contributed by atoms with E-state index in [9.17, 15) is 0 Å². The summed E-state index contributed by atoms with van der Waals surface area (Å²) in [6, 6.07) is 73.4. The van der Waals surface area contributed by atoms with Crippen molar-refractivity contribution in [1.29, 1.82) is 0 Å². The fourth-order valence-electron chi connectivity index (χ4n) is 9.71. The Bertz CT molecular complexity index is 3190. The van der Waals surface area contributed by atoms with E-state index in [0.29, 0.717) is 0 Å². The van der Waals surface area contributed by atoms with Crippen LogP contribution in [0.5, 0.6) is 0 Å². The number of rotatable bonds is 8. The molecule has 2 aliphatic rings. The van der Waals surface area contributed by atoms with Gasteiger partial charge in [-0.1, -0.05) is 124 Å². The third-order valence-electron chi connectivity index (χ3n) is 14.0. The van der Waals surface area contributed by atoms with Crippen molar-refractivity contribution in [3.8, 4) is 0 Å². The van der Waals surface area contributed by atoms with Crippen LogP contribution in [0.4, 0.5) is 0 Å². The van der Waals surface area contributed by atoms with Gasteiger partial charge in [0.25, 0.3) is 0 Å². The summed E-state index contributed by atoms with van der Waals surface area (Å²) in [5.74, 6) is 0. The van der Waals surface area contributed by atoms with Crippen molar-refractivity contribution >= 4 is 49.5 Å². The third-order valence-corrected chi connectivity index (χ3v) is 16.8. The van der Waals surface area contributed by atoms with Crippen LogP contribution >= 0.6 is 0 Å². The normalized spacial score (nSPS) is 11.9. The molecule has 4 heteroatoms. The Labute approximate surface area is 509 Å². The quantitative estimate of drug-likeness (QED) is 0.133. The summed E-state index contributed by atoms with van der Waals surface area (Å²) in [5, 5.41) is 10.9. The average Bonchev–Trinajstić information content (AvgIpc) is 4.32. The van der Waals surface area contributed by atoms with E-state index in [1.807, 2.05) is 0 Å². The molecule has 0 heterocycles. The maximum absolute atomic E-state index is 3.23. The van der Waals surface area contributed by atoms with Crippen LogP contribution in [0.15, 0.2) is 241 Å². The second-order valence-corrected chi connectivity index (χ2v) is 22.0. The van der Waals surface area contributed by atoms with E-state index in [1.54, 1.807) is 11.1 Å². The minimum atomic E-state index is 0. The van der Waals surface area contributed by atoms with Crippen LogP contribution < -0.4 is 24.8 Å². The Kier molecular flexibility index (Phi) is 26.5. The van der Waals surface area contributed by atoms with Crippen LogP contribution in [-0.4, -0.2) is 6.41 Å². The van der Waals surface area contributed by atoms with Crippen LogP contribution in [0.1, 0.15) is 111 Å². The molecule has 0 aliphatic heterocycles. The van der Waals surface area contributed by atoms with Crippen LogP contribution in [0, 0.1) is 39.8 Å². The Hall–Kier alpha value is -5.45. The molecule has 0 nitrogen and oxygen atoms in total. The van der Waals surface area contributed by atoms with Gasteiger partial charge < -0.3 is 24.8 Å². The van der Waals surface area contributed by atoms with Gasteiger partial charge in [-0.2, -0.15) is 22.3 Å². The van der Waals surface area contributed by atoms with Crippen molar-refractivity contribution in [2.75, 3.05) is 0 Å². The maximum atomic E-state index is 3.23. The standard InChI is InChI=1S/2C15H13.2C13H10.2C9H13.2ClH.2Zr/c2*1-10-3-5-14-12(7-10)9-13-8-11(2)4-6-15(13)14;2*1-3-7-12(8-4-1)11-13-9-5-2-6-10-13;2*1-3-8-6-5-7-9(8)4-2;;;;/h2*3-9H,1-2H3;2*1-10H;2*6H,3-4,7H2,1-2H3;2*1H;;/q2*-1;;;2*-1;;;2*+2/p-2. The van der Waals surface area contributed by atoms with Crippen LogP contribution in [0.25, 0.3) is 43.1 Å². The molecule has 2 aliphatic carbocycles. The predicted molar refractivity (Wildman–Crippen MR) is 325 cm³/mol. The van der Waals surface area contributed by atoms with E-state index in [1.165, 1.54) is 179 Å². The summed E-state index contributed by atoms with van der Waals surface area (Å²) in [5.41, 5.74) is 16.8. The van der Waals surface area contributed by atoms with E-state index in [2.05, 4.69) is 286 Å². The second-order valence-electron chi connectivity index (χ2n) is 19.6. The molecule has 0 spiro atoms. The van der Waals surface area contributed by atoms with Gasteiger partial charge in [-0.25, -0.2) is 12.2 Å². The van der Waals surface area contributed by atoms with Gasteiger partial charge in [0.2, 0.25) is 0 Å². The van der Waals surface area contributed by atoms with Crippen LogP contribution in [0.3, 0.4) is 0 Å². The van der Waals surface area contributed by atoms with Crippen molar-refractivity contribution in [3.05, 3.63) is 297 Å². The number of fused-ring (bicyclic) bond motifs is 6. The van der Waals surface area contributed by atoms with Gasteiger partial charge in [0, 0.05) is 0 Å². The minimum absolute atomic E-state index is 0. The van der Waals surface area contributed by atoms with Crippen molar-refractivity contribution in [1.82, 2.24) is 0 Å². The van der Waals surface area contributed by atoms with Crippen LogP contribution in [0.2, 0.25) is 0 Å². The van der Waals surface area contributed by atoms with E-state index < -0.39 is 0 Å². The van der Waals surface area contributed by atoms with Gasteiger partial charge in [0.1, 0.15) is 0 Å². The molecule has 0 saturated heterocycles. The van der Waals surface area contributed by atoms with Gasteiger partial charge in [0.15, 0.2) is 0 Å². The Morgan fingerprint density at radius 3 is 0.808 bits per heavy atom. The topological polar surface area (TPSA) is 0 Å². The molecule has 392 valence electrons. The summed E-state index contributed by atoms with van der Waals surface area (Å²) in [6.45, 7) is 17.4. The molecule has 78 heavy (non-hydrogen) atoms.